The highest BCUT2D eigenvalue weighted by atomic mass is 16.5. The quantitative estimate of drug-likeness (QED) is 0.474. The van der Waals surface area contributed by atoms with E-state index in [1.807, 2.05) is 6.21 Å². The number of nitrogens with zero attached hydrogens (tertiary/aromatic N) is 1. The van der Waals surface area contributed by atoms with Gasteiger partial charge in [-0.3, -0.25) is 14.6 Å². The Labute approximate surface area is 201 Å². The summed E-state index contributed by atoms with van der Waals surface area (Å²) in [5, 5.41) is 20.0. The topological polar surface area (TPSA) is 105 Å². The van der Waals surface area contributed by atoms with Crippen LogP contribution in [0.1, 0.15) is 51.5 Å². The van der Waals surface area contributed by atoms with Gasteiger partial charge in [0.2, 0.25) is 0 Å². The van der Waals surface area contributed by atoms with Crippen molar-refractivity contribution in [1.29, 1.82) is 0 Å². The molecule has 34 heavy (non-hydrogen) atoms. The number of phenolic OH excluding ortho intramolecular Hbond substituents is 1. The van der Waals surface area contributed by atoms with Gasteiger partial charge in [0.05, 0.1) is 13.7 Å². The van der Waals surface area contributed by atoms with E-state index in [1.165, 1.54) is 14.0 Å². The van der Waals surface area contributed by atoms with Gasteiger partial charge in [-0.2, -0.15) is 0 Å². The molecule has 1 aromatic rings. The lowest BCUT2D eigenvalue weighted by molar-refractivity contribution is -0.154. The highest BCUT2D eigenvalue weighted by Crippen LogP contribution is 2.46. The number of aromatic hydroxyl groups is 1. The van der Waals surface area contributed by atoms with Crippen LogP contribution in [0.2, 0.25) is 0 Å². The van der Waals surface area contributed by atoms with Crippen molar-refractivity contribution in [2.24, 2.45) is 28.7 Å². The zero-order valence-corrected chi connectivity index (χ0v) is 20.4. The summed E-state index contributed by atoms with van der Waals surface area (Å²) in [5.41, 5.74) is 1.97. The lowest BCUT2D eigenvalue weighted by Gasteiger charge is -2.44. The van der Waals surface area contributed by atoms with Gasteiger partial charge in [0.25, 0.3) is 0 Å². The second-order valence-electron chi connectivity index (χ2n) is 9.47. The second kappa shape index (κ2) is 12.2. The fraction of sp³-hybridized carbons (Fsp3) is 0.593. The van der Waals surface area contributed by atoms with E-state index < -0.39 is 12.1 Å². The van der Waals surface area contributed by atoms with Gasteiger partial charge in [-0.25, -0.2) is 0 Å². The van der Waals surface area contributed by atoms with Crippen LogP contribution in [-0.2, 0) is 20.7 Å². The number of ether oxygens (including phenoxy) is 2. The Morgan fingerprint density at radius 3 is 2.68 bits per heavy atom. The van der Waals surface area contributed by atoms with Crippen LogP contribution in [0.25, 0.3) is 0 Å². The standard InChI is InChI=1S/C27H37NO6/c1-4-18-11-21(16-29)27(20-9-10-28-15-20)23(12-18)25(34-17(2)30)14-22(31)7-5-19-6-8-24(32)26(13-19)33-3/h6,8-9,13,15,18,21,23,25,27,29,32H,4-5,7,10-12,14,16H2,1-3H3/t18-,21+,23+,25-,27-/m0/s1. The number of ketones is 1. The summed E-state index contributed by atoms with van der Waals surface area (Å²) in [6.45, 7) is 4.22. The molecule has 186 valence electrons. The summed E-state index contributed by atoms with van der Waals surface area (Å²) >= 11 is 0. The maximum atomic E-state index is 13.0. The largest absolute Gasteiger partial charge is 0.504 e. The smallest absolute Gasteiger partial charge is 0.302 e. The van der Waals surface area contributed by atoms with Gasteiger partial charge in [0.1, 0.15) is 11.9 Å². The molecule has 1 aliphatic carbocycles. The average Bonchev–Trinajstić information content (AvgIpc) is 3.36. The number of esters is 1. The number of aliphatic hydroxyl groups is 1. The predicted octanol–water partition coefficient (Wildman–Crippen LogP) is 3.90. The molecule has 0 spiro atoms. The minimum atomic E-state index is -0.539. The van der Waals surface area contributed by atoms with E-state index in [-0.39, 0.29) is 42.3 Å². The van der Waals surface area contributed by atoms with Crippen molar-refractivity contribution in [3.63, 3.8) is 0 Å². The van der Waals surface area contributed by atoms with E-state index in [1.54, 1.807) is 18.2 Å². The fourth-order valence-corrected chi connectivity index (χ4v) is 5.55. The van der Waals surface area contributed by atoms with Crippen LogP contribution in [0.4, 0.5) is 0 Å². The fourth-order valence-electron chi connectivity index (χ4n) is 5.55. The molecule has 2 N–H and O–H groups in total. The number of methoxy groups -OCH3 is 1. The molecule has 1 aliphatic heterocycles. The van der Waals surface area contributed by atoms with Crippen molar-refractivity contribution in [3.8, 4) is 11.5 Å². The van der Waals surface area contributed by atoms with E-state index in [0.717, 1.165) is 30.4 Å². The van der Waals surface area contributed by atoms with Crippen LogP contribution in [-0.4, -0.2) is 54.5 Å². The number of phenols is 1. The molecule has 1 fully saturated rings. The molecular weight excluding hydrogens is 434 g/mol. The molecule has 7 heteroatoms. The highest BCUT2D eigenvalue weighted by molar-refractivity contribution is 5.82. The number of allylic oxidation sites excluding steroid dienone is 1. The molecule has 0 radical (unpaired) electrons. The first kappa shape index (κ1) is 25.9. The zero-order chi connectivity index (χ0) is 24.7. The molecule has 0 bridgehead atoms. The molecule has 1 aromatic carbocycles. The number of carbonyl (C=O) groups is 2. The third-order valence-electron chi connectivity index (χ3n) is 7.24. The number of aryl methyl sites for hydroxylation is 1. The normalized spacial score (nSPS) is 25.0. The molecule has 0 saturated heterocycles. The first-order valence-corrected chi connectivity index (χ1v) is 12.2. The minimum Gasteiger partial charge on any atom is -0.504 e. The van der Waals surface area contributed by atoms with Gasteiger partial charge in [0.15, 0.2) is 11.5 Å². The minimum absolute atomic E-state index is 0.0116. The van der Waals surface area contributed by atoms with Crippen LogP contribution in [0.3, 0.4) is 0 Å². The van der Waals surface area contributed by atoms with E-state index in [9.17, 15) is 19.8 Å². The Kier molecular flexibility index (Phi) is 9.28. The molecule has 0 aromatic heterocycles. The summed E-state index contributed by atoms with van der Waals surface area (Å²) < 4.78 is 10.9. The maximum absolute atomic E-state index is 13.0. The SMILES string of the molecule is CC[C@H]1C[C@H](CO)[C@H](C2=CCN=C2)[C@@H]([C@H](CC(=O)CCc2ccc(O)c(OC)c2)OC(C)=O)C1. The Hall–Kier alpha value is -2.67. The van der Waals surface area contributed by atoms with Gasteiger partial charge in [0, 0.05) is 38.5 Å². The first-order chi connectivity index (χ1) is 16.4. The van der Waals surface area contributed by atoms with Crippen molar-refractivity contribution in [3.05, 3.63) is 35.4 Å². The number of Topliss-reactive ketones (excluding diaryl/α,β-unsaturated/α-hetero) is 1. The van der Waals surface area contributed by atoms with Crippen molar-refractivity contribution < 1.29 is 29.3 Å². The van der Waals surface area contributed by atoms with Crippen LogP contribution in [0, 0.1) is 23.7 Å². The number of hydrogen-bond acceptors (Lipinski definition) is 7. The summed E-state index contributed by atoms with van der Waals surface area (Å²) in [7, 11) is 1.49. The summed E-state index contributed by atoms with van der Waals surface area (Å²) in [6.07, 6.45) is 7.12. The third-order valence-corrected chi connectivity index (χ3v) is 7.24. The Balaban J connectivity index is 1.77. The molecule has 1 saturated carbocycles. The van der Waals surface area contributed by atoms with E-state index in [0.29, 0.717) is 31.1 Å². The van der Waals surface area contributed by atoms with E-state index >= 15 is 0 Å². The number of benzene rings is 1. The molecular formula is C27H37NO6. The Morgan fingerprint density at radius 2 is 2.06 bits per heavy atom. The monoisotopic (exact) mass is 471 g/mol. The van der Waals surface area contributed by atoms with Crippen LogP contribution in [0.15, 0.2) is 34.8 Å². The van der Waals surface area contributed by atoms with Crippen molar-refractivity contribution >= 4 is 18.0 Å². The Morgan fingerprint density at radius 1 is 1.26 bits per heavy atom. The lowest BCUT2D eigenvalue weighted by Crippen LogP contribution is -2.43. The number of aliphatic hydroxyl groups excluding tert-OH is 1. The van der Waals surface area contributed by atoms with Gasteiger partial charge >= 0.3 is 5.97 Å². The molecule has 3 rings (SSSR count). The second-order valence-corrected chi connectivity index (χ2v) is 9.47. The van der Waals surface area contributed by atoms with Gasteiger partial charge < -0.3 is 19.7 Å². The lowest BCUT2D eigenvalue weighted by atomic mass is 9.62. The number of carbonyl (C=O) groups excluding carboxylic acids is 2. The third kappa shape index (κ3) is 6.47. The number of hydrogen-bond donors (Lipinski definition) is 2. The summed E-state index contributed by atoms with van der Waals surface area (Å²) in [5.74, 6) is 0.487. The van der Waals surface area contributed by atoms with Crippen LogP contribution < -0.4 is 4.74 Å². The van der Waals surface area contributed by atoms with Crippen molar-refractivity contribution in [2.75, 3.05) is 20.3 Å². The molecule has 2 aliphatic rings. The summed E-state index contributed by atoms with van der Waals surface area (Å²) in [6, 6.07) is 5.06. The first-order valence-electron chi connectivity index (χ1n) is 12.2. The molecule has 7 nitrogen and oxygen atoms in total. The average molecular weight is 472 g/mol. The molecule has 1 heterocycles. The molecule has 5 atom stereocenters. The van der Waals surface area contributed by atoms with Crippen LogP contribution in [0.5, 0.6) is 11.5 Å². The van der Waals surface area contributed by atoms with Crippen molar-refractivity contribution in [1.82, 2.24) is 0 Å². The van der Waals surface area contributed by atoms with Gasteiger partial charge in [-0.05, 0) is 60.3 Å². The molecule has 0 unspecified atom stereocenters. The highest BCUT2D eigenvalue weighted by Gasteiger charge is 2.44. The number of rotatable bonds is 11. The molecule has 0 amide bonds. The number of aliphatic imine (C=N–C) groups is 1. The Bertz CT molecular complexity index is 924. The van der Waals surface area contributed by atoms with Gasteiger partial charge in [-0.15, -0.1) is 0 Å². The van der Waals surface area contributed by atoms with Crippen molar-refractivity contribution in [2.45, 2.75) is 58.5 Å². The van der Waals surface area contributed by atoms with E-state index in [4.69, 9.17) is 9.47 Å². The van der Waals surface area contributed by atoms with Gasteiger partial charge in [-0.1, -0.05) is 25.5 Å². The van der Waals surface area contributed by atoms with E-state index in [2.05, 4.69) is 18.0 Å². The predicted molar refractivity (Wildman–Crippen MR) is 130 cm³/mol. The maximum Gasteiger partial charge on any atom is 0.302 e. The van der Waals surface area contributed by atoms with Crippen LogP contribution >= 0.6 is 0 Å². The zero-order valence-electron chi connectivity index (χ0n) is 20.4. The summed E-state index contributed by atoms with van der Waals surface area (Å²) in [4.78, 5) is 29.4.